The number of rotatable bonds is 4. The van der Waals surface area contributed by atoms with E-state index in [9.17, 15) is 4.79 Å². The lowest BCUT2D eigenvalue weighted by atomic mass is 9.94. The Morgan fingerprint density at radius 1 is 1.15 bits per heavy atom. The Bertz CT molecular complexity index is 897. The fourth-order valence-electron chi connectivity index (χ4n) is 3.80. The maximum atomic E-state index is 12.8. The minimum atomic E-state index is 0.0575. The van der Waals surface area contributed by atoms with E-state index in [1.807, 2.05) is 40.9 Å². The summed E-state index contributed by atoms with van der Waals surface area (Å²) >= 11 is 0. The van der Waals surface area contributed by atoms with Gasteiger partial charge in [-0.05, 0) is 24.5 Å². The molecule has 3 aromatic rings. The maximum Gasteiger partial charge on any atom is 0.255 e. The van der Waals surface area contributed by atoms with Gasteiger partial charge < -0.3 is 4.90 Å². The van der Waals surface area contributed by atoms with Crippen LogP contribution in [0.25, 0.3) is 11.0 Å². The fraction of sp³-hybridized carbons (Fsp3) is 0.381. The monoisotopic (exact) mass is 348 g/mol. The Morgan fingerprint density at radius 3 is 2.69 bits per heavy atom. The number of carbonyl (C=O) groups is 1. The third-order valence-corrected chi connectivity index (χ3v) is 5.34. The molecule has 4 rings (SSSR count). The Morgan fingerprint density at radius 2 is 1.92 bits per heavy atom. The van der Waals surface area contributed by atoms with Gasteiger partial charge in [-0.15, -0.1) is 0 Å². The number of hydrogen-bond acceptors (Lipinski definition) is 3. The molecule has 0 N–H and O–H groups in total. The first kappa shape index (κ1) is 16.8. The quantitative estimate of drug-likeness (QED) is 0.719. The van der Waals surface area contributed by atoms with E-state index in [1.165, 1.54) is 24.8 Å². The molecule has 0 unspecified atom stereocenters. The number of carbonyl (C=O) groups excluding carboxylic acids is 1. The Balaban J connectivity index is 1.55. The smallest absolute Gasteiger partial charge is 0.255 e. The summed E-state index contributed by atoms with van der Waals surface area (Å²) in [5, 5.41) is 5.36. The minimum absolute atomic E-state index is 0.0575. The van der Waals surface area contributed by atoms with Gasteiger partial charge in [0.15, 0.2) is 5.65 Å². The van der Waals surface area contributed by atoms with Crippen LogP contribution in [0.2, 0.25) is 0 Å². The minimum Gasteiger partial charge on any atom is -0.339 e. The van der Waals surface area contributed by atoms with Gasteiger partial charge in [0, 0.05) is 24.7 Å². The molecule has 1 fully saturated rings. The van der Waals surface area contributed by atoms with Crippen molar-refractivity contribution >= 4 is 16.9 Å². The van der Waals surface area contributed by atoms with Crippen LogP contribution in [0.3, 0.4) is 0 Å². The van der Waals surface area contributed by atoms with Crippen molar-refractivity contribution < 1.29 is 4.79 Å². The van der Waals surface area contributed by atoms with Gasteiger partial charge in [-0.3, -0.25) is 4.79 Å². The molecule has 1 aliphatic carbocycles. The third-order valence-electron chi connectivity index (χ3n) is 5.34. The van der Waals surface area contributed by atoms with Crippen LogP contribution in [0.1, 0.15) is 48.0 Å². The van der Waals surface area contributed by atoms with Crippen LogP contribution in [-0.2, 0) is 6.54 Å². The molecule has 0 spiro atoms. The van der Waals surface area contributed by atoms with E-state index >= 15 is 0 Å². The highest BCUT2D eigenvalue weighted by atomic mass is 16.2. The van der Waals surface area contributed by atoms with Crippen LogP contribution in [0, 0.1) is 0 Å². The molecule has 1 aliphatic rings. The summed E-state index contributed by atoms with van der Waals surface area (Å²) < 4.78 is 1.88. The first-order chi connectivity index (χ1) is 12.7. The molecule has 1 amide bonds. The second-order valence-electron chi connectivity index (χ2n) is 7.13. The molecule has 5 nitrogen and oxygen atoms in total. The molecular formula is C21H24N4O. The zero-order chi connectivity index (χ0) is 17.9. The lowest BCUT2D eigenvalue weighted by Crippen LogP contribution is -2.38. The summed E-state index contributed by atoms with van der Waals surface area (Å²) in [5.41, 5.74) is 2.63. The van der Waals surface area contributed by atoms with Crippen molar-refractivity contribution in [3.8, 4) is 0 Å². The number of nitrogens with zero attached hydrogens (tertiary/aromatic N) is 4. The molecular weight excluding hydrogens is 324 g/mol. The highest BCUT2D eigenvalue weighted by Crippen LogP contribution is 2.23. The third kappa shape index (κ3) is 3.34. The summed E-state index contributed by atoms with van der Waals surface area (Å²) in [7, 11) is 1.92. The first-order valence-electron chi connectivity index (χ1n) is 9.35. The van der Waals surface area contributed by atoms with Gasteiger partial charge in [0.25, 0.3) is 5.91 Å². The number of benzene rings is 1. The Hall–Kier alpha value is -2.69. The van der Waals surface area contributed by atoms with Gasteiger partial charge in [0.1, 0.15) is 0 Å². The fourth-order valence-corrected chi connectivity index (χ4v) is 3.80. The van der Waals surface area contributed by atoms with Crippen LogP contribution >= 0.6 is 0 Å². The zero-order valence-corrected chi connectivity index (χ0v) is 15.1. The van der Waals surface area contributed by atoms with E-state index in [-0.39, 0.29) is 5.91 Å². The van der Waals surface area contributed by atoms with Gasteiger partial charge in [-0.25, -0.2) is 9.67 Å². The predicted octanol–water partition coefficient (Wildman–Crippen LogP) is 3.88. The van der Waals surface area contributed by atoms with E-state index < -0.39 is 0 Å². The van der Waals surface area contributed by atoms with E-state index in [1.54, 1.807) is 12.4 Å². The number of pyridine rings is 1. The molecule has 0 saturated heterocycles. The normalized spacial score (nSPS) is 15.3. The van der Waals surface area contributed by atoms with Crippen molar-refractivity contribution in [3.63, 3.8) is 0 Å². The molecule has 134 valence electrons. The largest absolute Gasteiger partial charge is 0.339 e. The molecule has 2 aromatic heterocycles. The first-order valence-corrected chi connectivity index (χ1v) is 9.35. The highest BCUT2D eigenvalue weighted by Gasteiger charge is 2.23. The Labute approximate surface area is 153 Å². The predicted molar refractivity (Wildman–Crippen MR) is 102 cm³/mol. The molecule has 0 bridgehead atoms. The summed E-state index contributed by atoms with van der Waals surface area (Å²) in [4.78, 5) is 19.3. The standard InChI is InChI=1S/C21H24N4O/c1-24(19-10-6-3-7-11-19)21(26)18-12-17-14-23-25(20(17)22-13-18)15-16-8-4-2-5-9-16/h2,4-5,8-9,12-14,19H,3,6-7,10-11,15H2,1H3. The molecule has 1 saturated carbocycles. The molecule has 0 atom stereocenters. The van der Waals surface area contributed by atoms with Crippen molar-refractivity contribution in [3.05, 3.63) is 59.9 Å². The number of hydrogen-bond donors (Lipinski definition) is 0. The summed E-state index contributed by atoms with van der Waals surface area (Å²) in [6, 6.07) is 12.5. The van der Waals surface area contributed by atoms with Crippen molar-refractivity contribution in [1.29, 1.82) is 0 Å². The SMILES string of the molecule is CN(C(=O)c1cnc2c(cnn2Cc2ccccc2)c1)C1CCCCC1. The van der Waals surface area contributed by atoms with Crippen LogP contribution in [0.15, 0.2) is 48.8 Å². The summed E-state index contributed by atoms with van der Waals surface area (Å²) in [6.07, 6.45) is 9.40. The van der Waals surface area contributed by atoms with E-state index in [4.69, 9.17) is 0 Å². The van der Waals surface area contributed by atoms with Crippen LogP contribution < -0.4 is 0 Å². The van der Waals surface area contributed by atoms with Gasteiger partial charge >= 0.3 is 0 Å². The maximum absolute atomic E-state index is 12.8. The van der Waals surface area contributed by atoms with Gasteiger partial charge in [-0.1, -0.05) is 49.6 Å². The lowest BCUT2D eigenvalue weighted by Gasteiger charge is -2.31. The average Bonchev–Trinajstić information content (AvgIpc) is 3.10. The average molecular weight is 348 g/mol. The molecule has 0 aliphatic heterocycles. The number of amides is 1. The van der Waals surface area contributed by atoms with Crippen LogP contribution in [-0.4, -0.2) is 38.7 Å². The van der Waals surface area contributed by atoms with Crippen LogP contribution in [0.5, 0.6) is 0 Å². The van der Waals surface area contributed by atoms with E-state index in [0.717, 1.165) is 23.9 Å². The molecule has 2 heterocycles. The number of fused-ring (bicyclic) bond motifs is 1. The van der Waals surface area contributed by atoms with Crippen molar-refractivity contribution in [2.45, 2.75) is 44.7 Å². The van der Waals surface area contributed by atoms with Crippen molar-refractivity contribution in [1.82, 2.24) is 19.7 Å². The van der Waals surface area contributed by atoms with Gasteiger partial charge in [-0.2, -0.15) is 5.10 Å². The summed E-state index contributed by atoms with van der Waals surface area (Å²) in [5.74, 6) is 0.0575. The second-order valence-corrected chi connectivity index (χ2v) is 7.13. The van der Waals surface area contributed by atoms with E-state index in [0.29, 0.717) is 18.2 Å². The molecule has 5 heteroatoms. The van der Waals surface area contributed by atoms with Gasteiger partial charge in [0.2, 0.25) is 0 Å². The van der Waals surface area contributed by atoms with Crippen molar-refractivity contribution in [2.75, 3.05) is 7.05 Å². The lowest BCUT2D eigenvalue weighted by molar-refractivity contribution is 0.0696. The van der Waals surface area contributed by atoms with Crippen LogP contribution in [0.4, 0.5) is 0 Å². The topological polar surface area (TPSA) is 51.0 Å². The highest BCUT2D eigenvalue weighted by molar-refractivity contribution is 5.96. The zero-order valence-electron chi connectivity index (χ0n) is 15.1. The number of aromatic nitrogens is 3. The molecule has 26 heavy (non-hydrogen) atoms. The summed E-state index contributed by atoms with van der Waals surface area (Å²) in [6.45, 7) is 0.673. The van der Waals surface area contributed by atoms with Gasteiger partial charge in [0.05, 0.1) is 18.3 Å². The Kier molecular flexibility index (Phi) is 4.69. The second kappa shape index (κ2) is 7.28. The molecule has 1 aromatic carbocycles. The van der Waals surface area contributed by atoms with Crippen molar-refractivity contribution in [2.24, 2.45) is 0 Å². The van der Waals surface area contributed by atoms with E-state index in [2.05, 4.69) is 22.2 Å². The molecule has 0 radical (unpaired) electrons.